The van der Waals surface area contributed by atoms with Gasteiger partial charge in [0, 0.05) is 39.2 Å². The van der Waals surface area contributed by atoms with Crippen molar-refractivity contribution in [3.63, 3.8) is 0 Å². The molecular formula is C13H27N3O3. The van der Waals surface area contributed by atoms with Crippen LogP contribution in [0.15, 0.2) is 0 Å². The van der Waals surface area contributed by atoms with Crippen molar-refractivity contribution in [3.8, 4) is 0 Å². The zero-order chi connectivity index (χ0) is 14.7. The molecule has 0 aliphatic rings. The normalized spacial score (nSPS) is 12.0. The van der Waals surface area contributed by atoms with E-state index in [2.05, 4.69) is 10.6 Å². The Bertz CT molecular complexity index is 268. The smallest absolute Gasteiger partial charge is 0.234 e. The fourth-order valence-electron chi connectivity index (χ4n) is 1.75. The van der Waals surface area contributed by atoms with E-state index in [1.54, 1.807) is 12.0 Å². The lowest BCUT2D eigenvalue weighted by molar-refractivity contribution is -0.131. The Hall–Kier alpha value is -1.14. The topological polar surface area (TPSA) is 70.7 Å². The lowest BCUT2D eigenvalue weighted by atomic mass is 10.3. The summed E-state index contributed by atoms with van der Waals surface area (Å²) < 4.78 is 4.93. The fourth-order valence-corrected chi connectivity index (χ4v) is 1.75. The molecule has 2 N–H and O–H groups in total. The summed E-state index contributed by atoms with van der Waals surface area (Å²) in [5.41, 5.74) is 0. The number of carbonyl (C=O) groups is 2. The average molecular weight is 273 g/mol. The molecule has 0 aliphatic carbocycles. The van der Waals surface area contributed by atoms with Gasteiger partial charge in [-0.3, -0.25) is 9.59 Å². The van der Waals surface area contributed by atoms with Crippen LogP contribution >= 0.6 is 0 Å². The molecule has 6 nitrogen and oxygen atoms in total. The largest absolute Gasteiger partial charge is 0.383 e. The number of amides is 2. The molecule has 0 fully saturated rings. The highest BCUT2D eigenvalue weighted by Crippen LogP contribution is 1.92. The molecule has 0 aliphatic heterocycles. The van der Waals surface area contributed by atoms with E-state index in [-0.39, 0.29) is 24.4 Å². The molecule has 0 radical (unpaired) electrons. The Morgan fingerprint density at radius 3 is 2.42 bits per heavy atom. The minimum absolute atomic E-state index is 0.00314. The molecule has 0 rings (SSSR count). The second-order valence-electron chi connectivity index (χ2n) is 4.42. The Balaban J connectivity index is 3.68. The Labute approximate surface area is 115 Å². The predicted molar refractivity (Wildman–Crippen MR) is 74.9 cm³/mol. The van der Waals surface area contributed by atoms with E-state index in [9.17, 15) is 9.59 Å². The van der Waals surface area contributed by atoms with Crippen LogP contribution in [0.2, 0.25) is 0 Å². The molecule has 1 unspecified atom stereocenters. The zero-order valence-corrected chi connectivity index (χ0v) is 12.5. The van der Waals surface area contributed by atoms with Gasteiger partial charge in [-0.2, -0.15) is 0 Å². The first-order valence-corrected chi connectivity index (χ1v) is 6.81. The second-order valence-corrected chi connectivity index (χ2v) is 4.42. The number of nitrogens with one attached hydrogen (secondary N) is 2. The van der Waals surface area contributed by atoms with Gasteiger partial charge in [0.1, 0.15) is 0 Å². The van der Waals surface area contributed by atoms with Gasteiger partial charge in [0.2, 0.25) is 11.8 Å². The highest BCUT2D eigenvalue weighted by Gasteiger charge is 2.09. The van der Waals surface area contributed by atoms with E-state index in [0.29, 0.717) is 19.6 Å². The highest BCUT2D eigenvalue weighted by molar-refractivity contribution is 5.78. The Morgan fingerprint density at radius 2 is 1.89 bits per heavy atom. The van der Waals surface area contributed by atoms with Gasteiger partial charge in [0.25, 0.3) is 0 Å². The number of carbonyl (C=O) groups excluding carboxylic acids is 2. The maximum Gasteiger partial charge on any atom is 0.234 e. The van der Waals surface area contributed by atoms with Crippen LogP contribution in [-0.2, 0) is 14.3 Å². The molecule has 19 heavy (non-hydrogen) atoms. The number of hydrogen-bond acceptors (Lipinski definition) is 4. The molecule has 0 bridgehead atoms. The van der Waals surface area contributed by atoms with Crippen LogP contribution in [0.25, 0.3) is 0 Å². The first-order valence-electron chi connectivity index (χ1n) is 6.81. The first-order chi connectivity index (χ1) is 9.04. The van der Waals surface area contributed by atoms with Gasteiger partial charge >= 0.3 is 0 Å². The predicted octanol–water partition coefficient (Wildman–Crippen LogP) is -0.0144. The van der Waals surface area contributed by atoms with Gasteiger partial charge in [-0.15, -0.1) is 0 Å². The summed E-state index contributed by atoms with van der Waals surface area (Å²) in [5.74, 6) is 0.0329. The van der Waals surface area contributed by atoms with E-state index in [1.807, 2.05) is 20.8 Å². The van der Waals surface area contributed by atoms with E-state index < -0.39 is 0 Å². The molecule has 2 amide bonds. The van der Waals surface area contributed by atoms with Crippen LogP contribution in [0, 0.1) is 0 Å². The van der Waals surface area contributed by atoms with Crippen molar-refractivity contribution in [1.82, 2.24) is 15.5 Å². The average Bonchev–Trinajstić information content (AvgIpc) is 2.36. The maximum atomic E-state index is 11.7. The van der Waals surface area contributed by atoms with E-state index in [4.69, 9.17) is 4.74 Å². The van der Waals surface area contributed by atoms with Crippen molar-refractivity contribution >= 4 is 11.8 Å². The lowest BCUT2D eigenvalue weighted by Gasteiger charge is -2.18. The monoisotopic (exact) mass is 273 g/mol. The van der Waals surface area contributed by atoms with E-state index in [0.717, 1.165) is 13.1 Å². The van der Waals surface area contributed by atoms with Crippen molar-refractivity contribution < 1.29 is 14.3 Å². The Morgan fingerprint density at radius 1 is 1.26 bits per heavy atom. The third-order valence-corrected chi connectivity index (χ3v) is 2.74. The number of methoxy groups -OCH3 is 1. The second kappa shape index (κ2) is 10.8. The summed E-state index contributed by atoms with van der Waals surface area (Å²) >= 11 is 0. The number of ether oxygens (including phenoxy) is 1. The van der Waals surface area contributed by atoms with Gasteiger partial charge in [-0.25, -0.2) is 0 Å². The molecule has 0 aromatic carbocycles. The highest BCUT2D eigenvalue weighted by atomic mass is 16.5. The molecular weight excluding hydrogens is 246 g/mol. The maximum absolute atomic E-state index is 11.7. The van der Waals surface area contributed by atoms with Crippen molar-refractivity contribution in [1.29, 1.82) is 0 Å². The van der Waals surface area contributed by atoms with Crippen LogP contribution in [0.5, 0.6) is 0 Å². The third kappa shape index (κ3) is 8.56. The summed E-state index contributed by atoms with van der Waals surface area (Å²) in [7, 11) is 1.60. The van der Waals surface area contributed by atoms with Gasteiger partial charge in [0.05, 0.1) is 13.2 Å². The summed E-state index contributed by atoms with van der Waals surface area (Å²) in [6, 6.07) is -0.00314. The van der Waals surface area contributed by atoms with Gasteiger partial charge in [0.15, 0.2) is 0 Å². The van der Waals surface area contributed by atoms with Crippen LogP contribution in [0.1, 0.15) is 27.2 Å². The van der Waals surface area contributed by atoms with Crippen LogP contribution in [-0.4, -0.2) is 62.7 Å². The molecule has 0 heterocycles. The molecule has 0 saturated heterocycles. The summed E-state index contributed by atoms with van der Waals surface area (Å²) in [4.78, 5) is 25.0. The number of nitrogens with zero attached hydrogens (tertiary/aromatic N) is 1. The summed E-state index contributed by atoms with van der Waals surface area (Å²) in [6.45, 7) is 8.48. The quantitative estimate of drug-likeness (QED) is 0.549. The molecule has 112 valence electrons. The van der Waals surface area contributed by atoms with Crippen molar-refractivity contribution in [2.75, 3.05) is 39.9 Å². The van der Waals surface area contributed by atoms with Gasteiger partial charge in [-0.1, -0.05) is 0 Å². The van der Waals surface area contributed by atoms with Crippen molar-refractivity contribution in [3.05, 3.63) is 0 Å². The van der Waals surface area contributed by atoms with Crippen molar-refractivity contribution in [2.45, 2.75) is 33.2 Å². The minimum Gasteiger partial charge on any atom is -0.383 e. The molecule has 0 spiro atoms. The van der Waals surface area contributed by atoms with E-state index >= 15 is 0 Å². The molecule has 0 saturated carbocycles. The van der Waals surface area contributed by atoms with Crippen LogP contribution < -0.4 is 10.6 Å². The van der Waals surface area contributed by atoms with Gasteiger partial charge in [-0.05, 0) is 20.8 Å². The fraction of sp³-hybridized carbons (Fsp3) is 0.846. The standard InChI is InChI=1S/C13H27N3O3/c1-5-16(6-2)13(18)7-8-14-9-12(17)15-11(3)10-19-4/h11,14H,5-10H2,1-4H3,(H,15,17). The third-order valence-electron chi connectivity index (χ3n) is 2.74. The van der Waals surface area contributed by atoms with Gasteiger partial charge < -0.3 is 20.3 Å². The van der Waals surface area contributed by atoms with Crippen molar-refractivity contribution in [2.24, 2.45) is 0 Å². The molecule has 6 heteroatoms. The number of rotatable bonds is 10. The molecule has 1 atom stereocenters. The summed E-state index contributed by atoms with van der Waals surface area (Å²) in [5, 5.41) is 5.76. The first kappa shape index (κ1) is 17.9. The number of hydrogen-bond donors (Lipinski definition) is 2. The van der Waals surface area contributed by atoms with Crippen LogP contribution in [0.4, 0.5) is 0 Å². The minimum atomic E-state index is -0.0835. The van der Waals surface area contributed by atoms with E-state index in [1.165, 1.54) is 0 Å². The summed E-state index contributed by atoms with van der Waals surface area (Å²) in [6.07, 6.45) is 0.419. The Kier molecular flexibility index (Phi) is 10.1. The molecule has 0 aromatic rings. The lowest BCUT2D eigenvalue weighted by Crippen LogP contribution is -2.41. The molecule has 0 aromatic heterocycles. The van der Waals surface area contributed by atoms with Crippen LogP contribution in [0.3, 0.4) is 0 Å². The SMILES string of the molecule is CCN(CC)C(=O)CCNCC(=O)NC(C)COC. The zero-order valence-electron chi connectivity index (χ0n) is 12.5.